The Kier molecular flexibility index (Phi) is 6.27. The predicted octanol–water partition coefficient (Wildman–Crippen LogP) is 5.51. The van der Waals surface area contributed by atoms with Crippen molar-refractivity contribution in [2.45, 2.75) is 19.5 Å². The Morgan fingerprint density at radius 1 is 1.10 bits per heavy atom. The van der Waals surface area contributed by atoms with Gasteiger partial charge >= 0.3 is 0 Å². The largest absolute Gasteiger partial charge is 0.494 e. The molecule has 0 fully saturated rings. The highest BCUT2D eigenvalue weighted by molar-refractivity contribution is 9.10. The molecule has 0 aliphatic rings. The van der Waals surface area contributed by atoms with Crippen LogP contribution in [0, 0.1) is 0 Å². The van der Waals surface area contributed by atoms with Crippen LogP contribution in [0.4, 0.5) is 5.69 Å². The number of halogens is 1. The lowest BCUT2D eigenvalue weighted by molar-refractivity contribution is 0.416. The number of aromatic nitrogens is 3. The van der Waals surface area contributed by atoms with Gasteiger partial charge in [-0.3, -0.25) is 0 Å². The van der Waals surface area contributed by atoms with Crippen molar-refractivity contribution < 1.29 is 4.74 Å². The topological polar surface area (TPSA) is 44.3 Å². The number of thiazole rings is 1. The fourth-order valence-electron chi connectivity index (χ4n) is 3.14. The van der Waals surface area contributed by atoms with Crippen LogP contribution in [0.2, 0.25) is 0 Å². The summed E-state index contributed by atoms with van der Waals surface area (Å²) >= 11 is 5.17. The molecule has 2 aromatic carbocycles. The Morgan fingerprint density at radius 3 is 2.69 bits per heavy atom. The van der Waals surface area contributed by atoms with E-state index in [0.29, 0.717) is 0 Å². The second-order valence-electron chi connectivity index (χ2n) is 6.50. The highest BCUT2D eigenvalue weighted by atomic mass is 79.9. The number of nitrogens with zero attached hydrogens (tertiary/aromatic N) is 4. The zero-order valence-electron chi connectivity index (χ0n) is 16.0. The number of methoxy groups -OCH3 is 1. The Balaban J connectivity index is 1.72. The van der Waals surface area contributed by atoms with Crippen molar-refractivity contribution in [3.63, 3.8) is 0 Å². The Bertz CT molecular complexity index is 1130. The van der Waals surface area contributed by atoms with Crippen molar-refractivity contribution >= 4 is 33.0 Å². The van der Waals surface area contributed by atoms with Crippen molar-refractivity contribution in [3.05, 3.63) is 81.9 Å². The maximum absolute atomic E-state index is 5.48. The molecule has 29 heavy (non-hydrogen) atoms. The lowest BCUT2D eigenvalue weighted by atomic mass is 10.2. The number of hydrogen-bond acceptors (Lipinski definition) is 4. The summed E-state index contributed by atoms with van der Waals surface area (Å²) in [6, 6.07) is 16.3. The highest BCUT2D eigenvalue weighted by Gasteiger charge is 2.09. The standard InChI is InChI=1S/C22H21BrN4OS/c1-28-21-6-3-2-5-19(21)25-22-27(13-4-12-26-14-11-24-16-26)20(15-29-22)17-7-9-18(23)10-8-17/h2-3,5-11,14-16H,4,12-13H2,1H3. The van der Waals surface area contributed by atoms with E-state index in [9.17, 15) is 0 Å². The Morgan fingerprint density at radius 2 is 1.93 bits per heavy atom. The van der Waals surface area contributed by atoms with Gasteiger partial charge in [0.25, 0.3) is 0 Å². The first-order valence-electron chi connectivity index (χ1n) is 9.32. The van der Waals surface area contributed by atoms with Gasteiger partial charge in [0.05, 0.1) is 19.1 Å². The lowest BCUT2D eigenvalue weighted by Gasteiger charge is -2.10. The molecule has 5 nitrogen and oxygen atoms in total. The zero-order chi connectivity index (χ0) is 20.1. The molecule has 0 bridgehead atoms. The van der Waals surface area contributed by atoms with E-state index in [4.69, 9.17) is 9.73 Å². The minimum atomic E-state index is 0.774. The molecule has 0 N–H and O–H groups in total. The minimum Gasteiger partial charge on any atom is -0.494 e. The van der Waals surface area contributed by atoms with E-state index in [1.54, 1.807) is 18.4 Å². The smallest absolute Gasteiger partial charge is 0.190 e. The molecular weight excluding hydrogens is 448 g/mol. The molecule has 7 heteroatoms. The summed E-state index contributed by atoms with van der Waals surface area (Å²) in [4.78, 5) is 10.0. The van der Waals surface area contributed by atoms with Crippen molar-refractivity contribution in [3.8, 4) is 17.0 Å². The molecule has 0 saturated heterocycles. The molecule has 2 heterocycles. The van der Waals surface area contributed by atoms with Gasteiger partial charge in [-0.2, -0.15) is 0 Å². The molecule has 4 aromatic rings. The van der Waals surface area contributed by atoms with Gasteiger partial charge in [0, 0.05) is 35.3 Å². The van der Waals surface area contributed by atoms with E-state index >= 15 is 0 Å². The van der Waals surface area contributed by atoms with Crippen LogP contribution in [-0.4, -0.2) is 21.2 Å². The third-order valence-corrected chi connectivity index (χ3v) is 5.99. The van der Waals surface area contributed by atoms with E-state index in [1.165, 1.54) is 11.3 Å². The van der Waals surface area contributed by atoms with Crippen LogP contribution in [0.5, 0.6) is 5.75 Å². The van der Waals surface area contributed by atoms with Crippen molar-refractivity contribution in [1.29, 1.82) is 0 Å². The Hall–Kier alpha value is -2.64. The maximum atomic E-state index is 5.48. The molecule has 0 atom stereocenters. The van der Waals surface area contributed by atoms with Gasteiger partial charge in [-0.1, -0.05) is 40.2 Å². The average Bonchev–Trinajstić information content (AvgIpc) is 3.40. The number of rotatable bonds is 7. The molecule has 0 radical (unpaired) electrons. The summed E-state index contributed by atoms with van der Waals surface area (Å²) in [5.74, 6) is 0.774. The number of benzene rings is 2. The van der Waals surface area contributed by atoms with Gasteiger partial charge in [-0.05, 0) is 36.2 Å². The summed E-state index contributed by atoms with van der Waals surface area (Å²) in [6.45, 7) is 1.78. The molecule has 0 amide bonds. The van der Waals surface area contributed by atoms with Crippen LogP contribution >= 0.6 is 27.3 Å². The van der Waals surface area contributed by atoms with E-state index < -0.39 is 0 Å². The first-order chi connectivity index (χ1) is 14.2. The molecule has 0 aliphatic heterocycles. The van der Waals surface area contributed by atoms with Gasteiger partial charge in [-0.25, -0.2) is 9.98 Å². The van der Waals surface area contributed by atoms with Crippen molar-refractivity contribution in [1.82, 2.24) is 14.1 Å². The van der Waals surface area contributed by atoms with Crippen LogP contribution in [-0.2, 0) is 13.1 Å². The molecule has 0 spiro atoms. The molecule has 0 aliphatic carbocycles. The van der Waals surface area contributed by atoms with Crippen molar-refractivity contribution in [2.24, 2.45) is 4.99 Å². The fourth-order valence-corrected chi connectivity index (χ4v) is 4.35. The van der Waals surface area contributed by atoms with Crippen LogP contribution < -0.4 is 9.54 Å². The van der Waals surface area contributed by atoms with Gasteiger partial charge in [0.15, 0.2) is 4.80 Å². The van der Waals surface area contributed by atoms with E-state index in [0.717, 1.165) is 40.2 Å². The normalized spacial score (nSPS) is 11.7. The first kappa shape index (κ1) is 19.7. The van der Waals surface area contributed by atoms with Crippen LogP contribution in [0.15, 0.2) is 82.1 Å². The molecular formula is C22H21BrN4OS. The summed E-state index contributed by atoms with van der Waals surface area (Å²) < 4.78 is 10.9. The summed E-state index contributed by atoms with van der Waals surface area (Å²) in [5.41, 5.74) is 3.18. The number of ether oxygens (including phenoxy) is 1. The van der Waals surface area contributed by atoms with Crippen LogP contribution in [0.25, 0.3) is 11.3 Å². The van der Waals surface area contributed by atoms with Gasteiger partial charge in [-0.15, -0.1) is 11.3 Å². The second-order valence-corrected chi connectivity index (χ2v) is 8.25. The molecule has 4 rings (SSSR count). The minimum absolute atomic E-state index is 0.774. The number of para-hydroxylation sites is 2. The quantitative estimate of drug-likeness (QED) is 0.359. The second kappa shape index (κ2) is 9.24. The molecule has 148 valence electrons. The third kappa shape index (κ3) is 4.68. The number of imidazole rings is 1. The first-order valence-corrected chi connectivity index (χ1v) is 11.0. The average molecular weight is 469 g/mol. The SMILES string of the molecule is COc1ccccc1N=c1scc(-c2ccc(Br)cc2)n1CCCn1ccnc1. The summed E-state index contributed by atoms with van der Waals surface area (Å²) in [6.07, 6.45) is 6.64. The van der Waals surface area contributed by atoms with Gasteiger partial charge < -0.3 is 13.9 Å². The molecule has 2 aromatic heterocycles. The lowest BCUT2D eigenvalue weighted by Crippen LogP contribution is -2.17. The van der Waals surface area contributed by atoms with Crippen LogP contribution in [0.3, 0.4) is 0 Å². The summed E-state index contributed by atoms with van der Waals surface area (Å²) in [5, 5.41) is 2.18. The van der Waals surface area contributed by atoms with Gasteiger partial charge in [0.2, 0.25) is 0 Å². The van der Waals surface area contributed by atoms with E-state index in [-0.39, 0.29) is 0 Å². The maximum Gasteiger partial charge on any atom is 0.190 e. The van der Waals surface area contributed by atoms with Crippen molar-refractivity contribution in [2.75, 3.05) is 7.11 Å². The number of aryl methyl sites for hydroxylation is 1. The molecule has 0 saturated carbocycles. The Labute approximate surface area is 182 Å². The number of hydrogen-bond donors (Lipinski definition) is 0. The van der Waals surface area contributed by atoms with E-state index in [2.05, 4.69) is 59.7 Å². The predicted molar refractivity (Wildman–Crippen MR) is 121 cm³/mol. The third-order valence-electron chi connectivity index (χ3n) is 4.60. The highest BCUT2D eigenvalue weighted by Crippen LogP contribution is 2.27. The van der Waals surface area contributed by atoms with Crippen LogP contribution in [0.1, 0.15) is 6.42 Å². The van der Waals surface area contributed by atoms with Gasteiger partial charge in [0.1, 0.15) is 11.4 Å². The summed E-state index contributed by atoms with van der Waals surface area (Å²) in [7, 11) is 1.68. The fraction of sp³-hybridized carbons (Fsp3) is 0.182. The van der Waals surface area contributed by atoms with E-state index in [1.807, 2.05) is 43.0 Å². The molecule has 0 unspecified atom stereocenters. The zero-order valence-corrected chi connectivity index (χ0v) is 18.4. The monoisotopic (exact) mass is 468 g/mol.